The van der Waals surface area contributed by atoms with Crippen molar-refractivity contribution in [1.82, 2.24) is 10.3 Å². The molecule has 1 aromatic heterocycles. The van der Waals surface area contributed by atoms with Crippen molar-refractivity contribution >= 4 is 26.9 Å². The topological polar surface area (TPSA) is 73.1 Å². The van der Waals surface area contributed by atoms with Gasteiger partial charge in [0.2, 0.25) is 0 Å². The number of rotatable bonds is 3. The molecule has 3 aromatic rings. The summed E-state index contributed by atoms with van der Waals surface area (Å²) in [6, 6.07) is 13.5. The van der Waals surface area contributed by atoms with E-state index in [2.05, 4.69) is 14.9 Å². The molecule has 20 heavy (non-hydrogen) atoms. The summed E-state index contributed by atoms with van der Waals surface area (Å²) in [5.74, 6) is 0. The number of fused-ring (bicyclic) bond motifs is 1. The molecule has 0 aliphatic heterocycles. The van der Waals surface area contributed by atoms with Crippen molar-refractivity contribution in [3.63, 3.8) is 0 Å². The van der Waals surface area contributed by atoms with Crippen molar-refractivity contribution in [2.45, 2.75) is 4.90 Å². The summed E-state index contributed by atoms with van der Waals surface area (Å²) in [4.78, 5) is 0.264. The van der Waals surface area contributed by atoms with Crippen molar-refractivity contribution < 1.29 is 13.0 Å². The van der Waals surface area contributed by atoms with Crippen LogP contribution in [0.5, 0.6) is 0 Å². The fraction of sp³-hybridized carbons (Fsp3) is 0. The zero-order chi connectivity index (χ0) is 14.0. The first kappa shape index (κ1) is 12.6. The molecule has 3 rings (SSSR count). The molecule has 0 aliphatic carbocycles. The van der Waals surface area contributed by atoms with E-state index in [4.69, 9.17) is 0 Å². The second kappa shape index (κ2) is 4.90. The van der Waals surface area contributed by atoms with Crippen molar-refractivity contribution in [2.75, 3.05) is 0 Å². The molecule has 1 heterocycles. The lowest BCUT2D eigenvalue weighted by Crippen LogP contribution is -1.95. The Labute approximate surface area is 115 Å². The predicted molar refractivity (Wildman–Crippen MR) is 74.5 cm³/mol. The molecule has 6 heteroatoms. The number of nitrogens with zero attached hydrogens (tertiary/aromatic N) is 2. The van der Waals surface area contributed by atoms with Crippen LogP contribution in [0.25, 0.3) is 17.1 Å². The molecule has 0 radical (unpaired) electrons. The molecule has 0 atom stereocenters. The Bertz CT molecular complexity index is 868. The van der Waals surface area contributed by atoms with Crippen molar-refractivity contribution in [3.05, 3.63) is 59.5 Å². The van der Waals surface area contributed by atoms with Crippen molar-refractivity contribution in [3.8, 4) is 0 Å². The van der Waals surface area contributed by atoms with Crippen molar-refractivity contribution in [1.29, 1.82) is 0 Å². The quantitative estimate of drug-likeness (QED) is 0.740. The van der Waals surface area contributed by atoms with E-state index in [1.54, 1.807) is 48.5 Å². The second-order valence-corrected chi connectivity index (χ2v) is 6.01. The van der Waals surface area contributed by atoms with Crippen LogP contribution in [-0.4, -0.2) is 18.7 Å². The van der Waals surface area contributed by atoms with Crippen LogP contribution in [0.3, 0.4) is 0 Å². The van der Waals surface area contributed by atoms with Crippen LogP contribution in [0.1, 0.15) is 5.56 Å². The van der Waals surface area contributed by atoms with Gasteiger partial charge in [-0.05, 0) is 46.2 Å². The molecular weight excluding hydrogens is 276 g/mol. The van der Waals surface area contributed by atoms with Crippen LogP contribution < -0.4 is 0 Å². The molecule has 2 aromatic carbocycles. The Hall–Kier alpha value is -2.47. The van der Waals surface area contributed by atoms with Gasteiger partial charge in [-0.1, -0.05) is 24.3 Å². The maximum Gasteiger partial charge on any atom is 0.199 e. The molecule has 0 saturated heterocycles. The van der Waals surface area contributed by atoms with E-state index in [1.807, 2.05) is 0 Å². The summed E-state index contributed by atoms with van der Waals surface area (Å²) in [6.07, 6.45) is 1.52. The summed E-state index contributed by atoms with van der Waals surface area (Å²) < 4.78 is 28.8. The van der Waals surface area contributed by atoms with Gasteiger partial charge in [0.05, 0.1) is 4.90 Å². The van der Waals surface area contributed by atoms with Gasteiger partial charge in [-0.25, -0.2) is 13.0 Å². The van der Waals surface area contributed by atoms with Gasteiger partial charge < -0.3 is 0 Å². The highest BCUT2D eigenvalue weighted by Crippen LogP contribution is 2.16. The van der Waals surface area contributed by atoms with Gasteiger partial charge in [-0.15, -0.1) is 0 Å². The Balaban J connectivity index is 1.93. The minimum Gasteiger partial charge on any atom is -0.243 e. The van der Waals surface area contributed by atoms with Crippen LogP contribution in [0, 0.1) is 0 Å². The molecule has 0 fully saturated rings. The smallest absolute Gasteiger partial charge is 0.199 e. The third-order valence-corrected chi connectivity index (χ3v) is 4.21. The van der Waals surface area contributed by atoms with E-state index in [0.29, 0.717) is 16.6 Å². The van der Waals surface area contributed by atoms with Crippen molar-refractivity contribution in [2.24, 2.45) is 0 Å². The summed E-state index contributed by atoms with van der Waals surface area (Å²) in [5.41, 5.74) is 1.94. The lowest BCUT2D eigenvalue weighted by Gasteiger charge is -1.98. The van der Waals surface area contributed by atoms with E-state index in [9.17, 15) is 8.42 Å². The molecule has 0 amide bonds. The van der Waals surface area contributed by atoms with Crippen LogP contribution in [0.2, 0.25) is 0 Å². The highest BCUT2D eigenvalue weighted by molar-refractivity contribution is 7.94. The Morgan fingerprint density at radius 3 is 2.50 bits per heavy atom. The van der Waals surface area contributed by atoms with E-state index < -0.39 is 9.84 Å². The van der Waals surface area contributed by atoms with E-state index in [0.717, 1.165) is 0 Å². The van der Waals surface area contributed by atoms with Crippen LogP contribution >= 0.6 is 0 Å². The monoisotopic (exact) mass is 286 g/mol. The molecule has 0 N–H and O–H groups in total. The first-order chi connectivity index (χ1) is 9.65. The summed E-state index contributed by atoms with van der Waals surface area (Å²) in [6.45, 7) is 0. The molecule has 0 spiro atoms. The van der Waals surface area contributed by atoms with E-state index in [1.165, 1.54) is 11.5 Å². The Morgan fingerprint density at radius 1 is 0.950 bits per heavy atom. The van der Waals surface area contributed by atoms with Gasteiger partial charge in [0.15, 0.2) is 9.84 Å². The molecular formula is C14H10N2O3S. The summed E-state index contributed by atoms with van der Waals surface area (Å²) in [7, 11) is -3.44. The maximum atomic E-state index is 12.1. The SMILES string of the molecule is O=S(=O)(/C=C/c1ccc2nonc2c1)c1ccccc1. The number of aromatic nitrogens is 2. The Kier molecular flexibility index (Phi) is 3.08. The molecule has 0 bridgehead atoms. The lowest BCUT2D eigenvalue weighted by atomic mass is 10.2. The number of hydrogen-bond donors (Lipinski definition) is 0. The minimum absolute atomic E-state index is 0.264. The van der Waals surface area contributed by atoms with E-state index >= 15 is 0 Å². The lowest BCUT2D eigenvalue weighted by molar-refractivity contribution is 0.315. The van der Waals surface area contributed by atoms with Crippen LogP contribution in [0.15, 0.2) is 63.5 Å². The molecule has 0 unspecified atom stereocenters. The standard InChI is InChI=1S/C14H10N2O3S/c17-20(18,12-4-2-1-3-5-12)9-8-11-6-7-13-14(10-11)16-19-15-13/h1-10H/b9-8+. The van der Waals surface area contributed by atoms with Gasteiger partial charge in [0.25, 0.3) is 0 Å². The molecule has 0 saturated carbocycles. The van der Waals surface area contributed by atoms with Gasteiger partial charge in [0.1, 0.15) is 11.0 Å². The number of benzene rings is 2. The van der Waals surface area contributed by atoms with Gasteiger partial charge >= 0.3 is 0 Å². The zero-order valence-electron chi connectivity index (χ0n) is 10.3. The predicted octanol–water partition coefficient (Wildman–Crippen LogP) is 2.67. The third kappa shape index (κ3) is 2.46. The van der Waals surface area contributed by atoms with Gasteiger partial charge in [-0.3, -0.25) is 0 Å². The average molecular weight is 286 g/mol. The van der Waals surface area contributed by atoms with Crippen LogP contribution in [0.4, 0.5) is 0 Å². The van der Waals surface area contributed by atoms with E-state index in [-0.39, 0.29) is 4.90 Å². The third-order valence-electron chi connectivity index (χ3n) is 2.79. The maximum absolute atomic E-state index is 12.1. The molecule has 5 nitrogen and oxygen atoms in total. The second-order valence-electron chi connectivity index (χ2n) is 4.17. The fourth-order valence-electron chi connectivity index (χ4n) is 1.76. The highest BCUT2D eigenvalue weighted by atomic mass is 32.2. The van der Waals surface area contributed by atoms with Crippen LogP contribution in [-0.2, 0) is 9.84 Å². The van der Waals surface area contributed by atoms with Gasteiger partial charge in [-0.2, -0.15) is 0 Å². The fourth-order valence-corrected chi connectivity index (χ4v) is 2.79. The average Bonchev–Trinajstić information content (AvgIpc) is 2.94. The molecule has 100 valence electrons. The highest BCUT2D eigenvalue weighted by Gasteiger charge is 2.09. The summed E-state index contributed by atoms with van der Waals surface area (Å²) >= 11 is 0. The number of hydrogen-bond acceptors (Lipinski definition) is 5. The van der Waals surface area contributed by atoms with Gasteiger partial charge in [0, 0.05) is 5.41 Å². The minimum atomic E-state index is -3.44. The number of sulfone groups is 1. The molecule has 0 aliphatic rings. The zero-order valence-corrected chi connectivity index (χ0v) is 11.1. The first-order valence-corrected chi connectivity index (χ1v) is 7.40. The summed E-state index contributed by atoms with van der Waals surface area (Å²) in [5, 5.41) is 8.58. The Morgan fingerprint density at radius 2 is 1.70 bits per heavy atom. The normalized spacial score (nSPS) is 12.2. The first-order valence-electron chi connectivity index (χ1n) is 5.86. The largest absolute Gasteiger partial charge is 0.243 e.